The fourth-order valence-electron chi connectivity index (χ4n) is 0.771. The first-order valence-electron chi connectivity index (χ1n) is 4.56. The van der Waals surface area contributed by atoms with Gasteiger partial charge in [-0.05, 0) is 18.1 Å². The molecule has 0 aromatic carbocycles. The second kappa shape index (κ2) is 6.99. The van der Waals surface area contributed by atoms with Crippen molar-refractivity contribution in [1.82, 2.24) is 0 Å². The molecule has 0 radical (unpaired) electrons. The molecule has 68 valence electrons. The Morgan fingerprint density at radius 1 is 1.27 bits per heavy atom. The van der Waals surface area contributed by atoms with E-state index in [2.05, 4.69) is 20.8 Å². The molecule has 0 amide bonds. The van der Waals surface area contributed by atoms with E-state index in [4.69, 9.17) is 5.73 Å². The molecule has 0 aromatic rings. The lowest BCUT2D eigenvalue weighted by molar-refractivity contribution is 0.634. The first kappa shape index (κ1) is 11.3. The molecule has 2 N–H and O–H groups in total. The Labute approximate surface area is 75.1 Å². The van der Waals surface area contributed by atoms with Crippen molar-refractivity contribution in [1.29, 1.82) is 0 Å². The van der Waals surface area contributed by atoms with Crippen molar-refractivity contribution in [3.8, 4) is 0 Å². The minimum atomic E-state index is 0.684. The van der Waals surface area contributed by atoms with E-state index in [1.54, 1.807) is 0 Å². The molecular formula is C9H21NS. The third kappa shape index (κ3) is 5.57. The lowest BCUT2D eigenvalue weighted by Crippen LogP contribution is -2.17. The van der Waals surface area contributed by atoms with Crippen LogP contribution in [0.3, 0.4) is 0 Å². The minimum Gasteiger partial charge on any atom is -0.329 e. The van der Waals surface area contributed by atoms with Gasteiger partial charge in [0.1, 0.15) is 0 Å². The summed E-state index contributed by atoms with van der Waals surface area (Å²) in [6, 6.07) is 0. The largest absolute Gasteiger partial charge is 0.329 e. The predicted molar refractivity (Wildman–Crippen MR) is 55.0 cm³/mol. The summed E-state index contributed by atoms with van der Waals surface area (Å²) < 4.78 is 0. The smallest absolute Gasteiger partial charge is 0.0167 e. The van der Waals surface area contributed by atoms with E-state index in [0.717, 1.165) is 12.5 Å². The van der Waals surface area contributed by atoms with Gasteiger partial charge in [0.15, 0.2) is 0 Å². The summed E-state index contributed by atoms with van der Waals surface area (Å²) in [5.74, 6) is 2.12. The number of hydrogen-bond acceptors (Lipinski definition) is 2. The molecule has 2 atom stereocenters. The third-order valence-electron chi connectivity index (χ3n) is 2.03. The zero-order chi connectivity index (χ0) is 8.69. The van der Waals surface area contributed by atoms with Gasteiger partial charge < -0.3 is 5.73 Å². The lowest BCUT2D eigenvalue weighted by atomic mass is 10.2. The van der Waals surface area contributed by atoms with Crippen LogP contribution in [0.15, 0.2) is 0 Å². The zero-order valence-electron chi connectivity index (χ0n) is 7.97. The van der Waals surface area contributed by atoms with Crippen molar-refractivity contribution in [3.63, 3.8) is 0 Å². The van der Waals surface area contributed by atoms with E-state index in [1.807, 2.05) is 11.8 Å². The Morgan fingerprint density at radius 2 is 1.91 bits per heavy atom. The van der Waals surface area contributed by atoms with Gasteiger partial charge in [-0.3, -0.25) is 0 Å². The standard InChI is InChI=1S/C9H21NS/c1-4-8(3)7-11-9(5-2)6-10/h8-9H,4-7,10H2,1-3H3. The highest BCUT2D eigenvalue weighted by Gasteiger charge is 2.05. The fourth-order valence-corrected chi connectivity index (χ4v) is 1.98. The van der Waals surface area contributed by atoms with Gasteiger partial charge in [-0.1, -0.05) is 27.2 Å². The highest BCUT2D eigenvalue weighted by atomic mass is 32.2. The van der Waals surface area contributed by atoms with Crippen LogP contribution in [0.1, 0.15) is 33.6 Å². The van der Waals surface area contributed by atoms with Gasteiger partial charge in [0.05, 0.1) is 0 Å². The molecule has 0 saturated carbocycles. The fraction of sp³-hybridized carbons (Fsp3) is 1.00. The quantitative estimate of drug-likeness (QED) is 0.671. The van der Waals surface area contributed by atoms with E-state index < -0.39 is 0 Å². The van der Waals surface area contributed by atoms with Gasteiger partial charge in [-0.15, -0.1) is 0 Å². The molecule has 0 heterocycles. The Bertz CT molecular complexity index is 81.6. The van der Waals surface area contributed by atoms with Crippen molar-refractivity contribution in [2.24, 2.45) is 11.7 Å². The molecule has 0 aliphatic rings. The Balaban J connectivity index is 3.34. The molecule has 0 rings (SSSR count). The summed E-state index contributed by atoms with van der Waals surface area (Å²) in [4.78, 5) is 0. The van der Waals surface area contributed by atoms with E-state index in [9.17, 15) is 0 Å². The number of thioether (sulfide) groups is 1. The summed E-state index contributed by atoms with van der Waals surface area (Å²) >= 11 is 2.03. The van der Waals surface area contributed by atoms with Crippen LogP contribution >= 0.6 is 11.8 Å². The van der Waals surface area contributed by atoms with Gasteiger partial charge in [0.25, 0.3) is 0 Å². The molecule has 0 saturated heterocycles. The van der Waals surface area contributed by atoms with Crippen molar-refractivity contribution in [3.05, 3.63) is 0 Å². The molecule has 0 fully saturated rings. The molecule has 0 bridgehead atoms. The minimum absolute atomic E-state index is 0.684. The van der Waals surface area contributed by atoms with Crippen LogP contribution in [0.5, 0.6) is 0 Å². The van der Waals surface area contributed by atoms with E-state index in [-0.39, 0.29) is 0 Å². The average Bonchev–Trinajstić information content (AvgIpc) is 2.06. The molecule has 11 heavy (non-hydrogen) atoms. The Kier molecular flexibility index (Phi) is 7.18. The van der Waals surface area contributed by atoms with Gasteiger partial charge in [0.2, 0.25) is 0 Å². The summed E-state index contributed by atoms with van der Waals surface area (Å²) in [7, 11) is 0. The highest BCUT2D eigenvalue weighted by molar-refractivity contribution is 7.99. The summed E-state index contributed by atoms with van der Waals surface area (Å²) in [5, 5.41) is 0.684. The monoisotopic (exact) mass is 175 g/mol. The number of hydrogen-bond donors (Lipinski definition) is 1. The molecule has 2 heteroatoms. The van der Waals surface area contributed by atoms with Crippen molar-refractivity contribution >= 4 is 11.8 Å². The van der Waals surface area contributed by atoms with E-state index >= 15 is 0 Å². The topological polar surface area (TPSA) is 26.0 Å². The van der Waals surface area contributed by atoms with Crippen molar-refractivity contribution in [2.45, 2.75) is 38.9 Å². The maximum Gasteiger partial charge on any atom is 0.0167 e. The van der Waals surface area contributed by atoms with Crippen LogP contribution in [-0.4, -0.2) is 17.5 Å². The molecule has 0 spiro atoms. The average molecular weight is 175 g/mol. The number of rotatable bonds is 6. The highest BCUT2D eigenvalue weighted by Crippen LogP contribution is 2.18. The lowest BCUT2D eigenvalue weighted by Gasteiger charge is -2.14. The van der Waals surface area contributed by atoms with E-state index in [0.29, 0.717) is 5.25 Å². The maximum absolute atomic E-state index is 5.59. The van der Waals surface area contributed by atoms with E-state index in [1.165, 1.54) is 18.6 Å². The van der Waals surface area contributed by atoms with Crippen LogP contribution < -0.4 is 5.73 Å². The Hall–Kier alpha value is 0.310. The summed E-state index contributed by atoms with van der Waals surface area (Å²) in [6.45, 7) is 7.59. The number of nitrogens with two attached hydrogens (primary N) is 1. The third-order valence-corrected chi connectivity index (χ3v) is 3.79. The first-order chi connectivity index (χ1) is 5.24. The van der Waals surface area contributed by atoms with Crippen LogP contribution in [0.4, 0.5) is 0 Å². The molecule has 2 unspecified atom stereocenters. The molecule has 0 aliphatic heterocycles. The second-order valence-corrected chi connectivity index (χ2v) is 4.45. The van der Waals surface area contributed by atoms with Crippen LogP contribution in [0.25, 0.3) is 0 Å². The van der Waals surface area contributed by atoms with Crippen LogP contribution in [0.2, 0.25) is 0 Å². The molecule has 0 aliphatic carbocycles. The van der Waals surface area contributed by atoms with Crippen LogP contribution in [0, 0.1) is 5.92 Å². The zero-order valence-corrected chi connectivity index (χ0v) is 8.79. The summed E-state index contributed by atoms with van der Waals surface area (Å²) in [5.41, 5.74) is 5.59. The normalized spacial score (nSPS) is 16.4. The van der Waals surface area contributed by atoms with Crippen LogP contribution in [-0.2, 0) is 0 Å². The first-order valence-corrected chi connectivity index (χ1v) is 5.61. The SMILES string of the molecule is CCC(C)CSC(CC)CN. The van der Waals surface area contributed by atoms with Gasteiger partial charge in [-0.2, -0.15) is 11.8 Å². The van der Waals surface area contributed by atoms with Crippen molar-refractivity contribution < 1.29 is 0 Å². The molecule has 1 nitrogen and oxygen atoms in total. The molecule has 0 aromatic heterocycles. The van der Waals surface area contributed by atoms with Crippen molar-refractivity contribution in [2.75, 3.05) is 12.3 Å². The predicted octanol–water partition coefficient (Wildman–Crippen LogP) is 2.50. The van der Waals surface area contributed by atoms with Gasteiger partial charge >= 0.3 is 0 Å². The Morgan fingerprint density at radius 3 is 2.27 bits per heavy atom. The van der Waals surface area contributed by atoms with Gasteiger partial charge in [0, 0.05) is 11.8 Å². The molecular weight excluding hydrogens is 154 g/mol. The second-order valence-electron chi connectivity index (χ2n) is 3.11. The van der Waals surface area contributed by atoms with Gasteiger partial charge in [-0.25, -0.2) is 0 Å². The summed E-state index contributed by atoms with van der Waals surface area (Å²) in [6.07, 6.45) is 2.49. The maximum atomic E-state index is 5.59.